The molecule has 2 aromatic carbocycles. The van der Waals surface area contributed by atoms with Gasteiger partial charge in [-0.05, 0) is 36.4 Å². The topological polar surface area (TPSA) is 58.6 Å². The average Bonchev–Trinajstić information content (AvgIpc) is 2.44. The Labute approximate surface area is 123 Å². The van der Waals surface area contributed by atoms with Gasteiger partial charge in [0, 0.05) is 10.5 Å². The number of nitrogens with zero attached hydrogens (tertiary/aromatic N) is 1. The lowest BCUT2D eigenvalue weighted by Gasteiger charge is -2.07. The Morgan fingerprint density at radius 2 is 1.90 bits per heavy atom. The number of oxime groups is 1. The van der Waals surface area contributed by atoms with E-state index in [1.165, 1.54) is 6.07 Å². The van der Waals surface area contributed by atoms with Crippen LogP contribution in [0.2, 0.25) is 5.02 Å². The highest BCUT2D eigenvalue weighted by atomic mass is 35.5. The van der Waals surface area contributed by atoms with Gasteiger partial charge in [0.1, 0.15) is 11.6 Å². The maximum absolute atomic E-state index is 13.5. The molecule has 0 radical (unpaired) electrons. The first kappa shape index (κ1) is 14.6. The predicted molar refractivity (Wildman–Crippen MR) is 74.4 cm³/mol. The van der Waals surface area contributed by atoms with Crippen LogP contribution >= 0.6 is 23.4 Å². The Morgan fingerprint density at radius 3 is 2.55 bits per heavy atom. The van der Waals surface area contributed by atoms with Crippen LogP contribution in [-0.2, 0) is 0 Å². The number of rotatable bonds is 3. The zero-order valence-electron chi connectivity index (χ0n) is 9.98. The van der Waals surface area contributed by atoms with E-state index in [0.717, 1.165) is 30.0 Å². The number of nitrogens with two attached hydrogens (primary N) is 1. The molecule has 3 N–H and O–H groups in total. The minimum atomic E-state index is -0.534. The van der Waals surface area contributed by atoms with E-state index in [4.69, 9.17) is 22.5 Å². The van der Waals surface area contributed by atoms with E-state index in [9.17, 15) is 8.78 Å². The van der Waals surface area contributed by atoms with E-state index >= 15 is 0 Å². The summed E-state index contributed by atoms with van der Waals surface area (Å²) in [6.07, 6.45) is 0. The van der Waals surface area contributed by atoms with E-state index in [0.29, 0.717) is 15.5 Å². The number of halogens is 3. The van der Waals surface area contributed by atoms with Crippen molar-refractivity contribution in [1.29, 1.82) is 0 Å². The fraction of sp³-hybridized carbons (Fsp3) is 0. The van der Waals surface area contributed by atoms with Crippen molar-refractivity contribution in [3.63, 3.8) is 0 Å². The Kier molecular flexibility index (Phi) is 4.46. The highest BCUT2D eigenvalue weighted by Crippen LogP contribution is 2.35. The van der Waals surface area contributed by atoms with Gasteiger partial charge >= 0.3 is 0 Å². The molecule has 0 amide bonds. The molecule has 0 fully saturated rings. The summed E-state index contributed by atoms with van der Waals surface area (Å²) >= 11 is 7.04. The Morgan fingerprint density at radius 1 is 1.15 bits per heavy atom. The molecular formula is C13H9ClF2N2OS. The molecule has 7 heteroatoms. The summed E-state index contributed by atoms with van der Waals surface area (Å²) in [5, 5.41) is 11.7. The second kappa shape index (κ2) is 6.11. The molecule has 0 aromatic heterocycles. The fourth-order valence-corrected chi connectivity index (χ4v) is 2.64. The van der Waals surface area contributed by atoms with Crippen LogP contribution in [0.5, 0.6) is 0 Å². The van der Waals surface area contributed by atoms with Gasteiger partial charge < -0.3 is 10.9 Å². The van der Waals surface area contributed by atoms with Gasteiger partial charge in [-0.2, -0.15) is 0 Å². The highest BCUT2D eigenvalue weighted by molar-refractivity contribution is 7.99. The number of benzene rings is 2. The first-order valence-corrected chi connectivity index (χ1v) is 6.61. The first-order valence-electron chi connectivity index (χ1n) is 5.41. The summed E-state index contributed by atoms with van der Waals surface area (Å²) in [6, 6.07) is 7.83. The molecule has 0 aliphatic heterocycles. The number of amidine groups is 1. The lowest BCUT2D eigenvalue weighted by molar-refractivity contribution is 0.318. The van der Waals surface area contributed by atoms with Crippen LogP contribution in [0, 0.1) is 11.6 Å². The molecule has 0 atom stereocenters. The largest absolute Gasteiger partial charge is 0.409 e. The van der Waals surface area contributed by atoms with Crippen molar-refractivity contribution in [2.75, 3.05) is 0 Å². The van der Waals surface area contributed by atoms with Crippen LogP contribution in [0.1, 0.15) is 5.56 Å². The highest BCUT2D eigenvalue weighted by Gasteiger charge is 2.10. The minimum Gasteiger partial charge on any atom is -0.409 e. The third kappa shape index (κ3) is 3.20. The maximum Gasteiger partial charge on any atom is 0.170 e. The maximum atomic E-state index is 13.5. The van der Waals surface area contributed by atoms with Gasteiger partial charge in [-0.15, -0.1) is 0 Å². The van der Waals surface area contributed by atoms with E-state index < -0.39 is 11.6 Å². The van der Waals surface area contributed by atoms with Crippen LogP contribution in [0.4, 0.5) is 8.78 Å². The second-order valence-electron chi connectivity index (χ2n) is 3.81. The summed E-state index contributed by atoms with van der Waals surface area (Å²) in [5.74, 6) is -1.15. The zero-order chi connectivity index (χ0) is 14.7. The summed E-state index contributed by atoms with van der Waals surface area (Å²) in [7, 11) is 0. The zero-order valence-corrected chi connectivity index (χ0v) is 11.6. The van der Waals surface area contributed by atoms with Crippen LogP contribution in [0.3, 0.4) is 0 Å². The molecule has 0 spiro atoms. The minimum absolute atomic E-state index is 0.0830. The number of hydrogen-bond acceptors (Lipinski definition) is 3. The Bertz CT molecular complexity index is 679. The average molecular weight is 315 g/mol. The molecule has 0 bridgehead atoms. The van der Waals surface area contributed by atoms with Crippen molar-refractivity contribution in [3.05, 3.63) is 58.6 Å². The van der Waals surface area contributed by atoms with Gasteiger partial charge in [0.15, 0.2) is 5.84 Å². The van der Waals surface area contributed by atoms with Crippen molar-refractivity contribution in [2.45, 2.75) is 9.79 Å². The molecule has 0 unspecified atom stereocenters. The fourth-order valence-electron chi connectivity index (χ4n) is 1.47. The van der Waals surface area contributed by atoms with E-state index in [1.54, 1.807) is 12.1 Å². The van der Waals surface area contributed by atoms with Crippen LogP contribution in [0.15, 0.2) is 51.3 Å². The van der Waals surface area contributed by atoms with E-state index in [-0.39, 0.29) is 10.7 Å². The summed E-state index contributed by atoms with van der Waals surface area (Å²) < 4.78 is 26.6. The van der Waals surface area contributed by atoms with Crippen LogP contribution < -0.4 is 5.73 Å². The van der Waals surface area contributed by atoms with Gasteiger partial charge in [-0.3, -0.25) is 0 Å². The number of hydrogen-bond donors (Lipinski definition) is 2. The molecule has 0 aliphatic rings. The van der Waals surface area contributed by atoms with Gasteiger partial charge in [0.2, 0.25) is 0 Å². The van der Waals surface area contributed by atoms with Crippen LogP contribution in [0.25, 0.3) is 0 Å². The quantitative estimate of drug-likeness (QED) is 0.391. The van der Waals surface area contributed by atoms with Gasteiger partial charge in [-0.1, -0.05) is 28.5 Å². The molecule has 0 heterocycles. The van der Waals surface area contributed by atoms with E-state index in [2.05, 4.69) is 5.16 Å². The van der Waals surface area contributed by atoms with Crippen molar-refractivity contribution < 1.29 is 14.0 Å². The third-order valence-corrected chi connectivity index (χ3v) is 3.98. The molecule has 0 saturated heterocycles. The predicted octanol–water partition coefficient (Wildman–Crippen LogP) is 3.86. The van der Waals surface area contributed by atoms with E-state index in [1.807, 2.05) is 0 Å². The second-order valence-corrected chi connectivity index (χ2v) is 5.30. The van der Waals surface area contributed by atoms with Gasteiger partial charge in [0.25, 0.3) is 0 Å². The Hall–Kier alpha value is -1.79. The first-order chi connectivity index (χ1) is 9.51. The molecular weight excluding hydrogens is 306 g/mol. The molecule has 0 saturated carbocycles. The smallest absolute Gasteiger partial charge is 0.170 e. The Balaban J connectivity index is 2.33. The van der Waals surface area contributed by atoms with Crippen LogP contribution in [-0.4, -0.2) is 11.0 Å². The molecule has 3 nitrogen and oxygen atoms in total. The van der Waals surface area contributed by atoms with Crippen molar-refractivity contribution in [3.8, 4) is 0 Å². The van der Waals surface area contributed by atoms with Crippen molar-refractivity contribution >= 4 is 29.2 Å². The summed E-state index contributed by atoms with van der Waals surface area (Å²) in [4.78, 5) is 0.661. The summed E-state index contributed by atoms with van der Waals surface area (Å²) in [5.41, 5.74) is 5.87. The monoisotopic (exact) mass is 314 g/mol. The normalized spacial score (nSPS) is 11.7. The van der Waals surface area contributed by atoms with Crippen molar-refractivity contribution in [1.82, 2.24) is 0 Å². The summed E-state index contributed by atoms with van der Waals surface area (Å²) in [6.45, 7) is 0. The molecule has 2 rings (SSSR count). The molecule has 104 valence electrons. The van der Waals surface area contributed by atoms with Crippen molar-refractivity contribution in [2.24, 2.45) is 10.9 Å². The lowest BCUT2D eigenvalue weighted by Crippen LogP contribution is -2.12. The van der Waals surface area contributed by atoms with Gasteiger partial charge in [0.05, 0.1) is 9.92 Å². The SMILES string of the molecule is NC(=NO)c1ccc(Sc2cc(F)ccc2F)c(Cl)c1. The molecule has 20 heavy (non-hydrogen) atoms. The molecule has 2 aromatic rings. The molecule has 0 aliphatic carbocycles. The standard InChI is InChI=1S/C13H9ClF2N2OS/c14-9-5-7(13(17)18-19)1-4-11(9)20-12-6-8(15)2-3-10(12)16/h1-6,19H,(H2,17,18). The third-order valence-electron chi connectivity index (χ3n) is 2.45. The van der Waals surface area contributed by atoms with Gasteiger partial charge in [-0.25, -0.2) is 8.78 Å². The lowest BCUT2D eigenvalue weighted by atomic mass is 10.2.